The molecule has 0 saturated carbocycles. The third-order valence-electron chi connectivity index (χ3n) is 5.66. The van der Waals surface area contributed by atoms with Gasteiger partial charge in [0.2, 0.25) is 5.91 Å². The number of benzene rings is 2. The van der Waals surface area contributed by atoms with Gasteiger partial charge in [0, 0.05) is 38.8 Å². The monoisotopic (exact) mass is 451 g/mol. The summed E-state index contributed by atoms with van der Waals surface area (Å²) in [7, 11) is 3.08. The van der Waals surface area contributed by atoms with Crippen LogP contribution in [-0.4, -0.2) is 62.1 Å². The normalized spacial score (nSPS) is 16.4. The Balaban J connectivity index is 1.55. The maximum atomic E-state index is 12.9. The Morgan fingerprint density at radius 1 is 1.06 bits per heavy atom. The zero-order valence-electron chi connectivity index (χ0n) is 18.4. The van der Waals surface area contributed by atoms with Crippen LogP contribution in [0.4, 0.5) is 18.9 Å². The summed E-state index contributed by atoms with van der Waals surface area (Å²) >= 11 is 0. The number of rotatable bonds is 7. The molecule has 1 aliphatic rings. The molecule has 2 aromatic rings. The molecular formula is C23H28F3N3O3. The number of ether oxygens (including phenoxy) is 2. The van der Waals surface area contributed by atoms with Crippen molar-refractivity contribution in [3.8, 4) is 11.5 Å². The summed E-state index contributed by atoms with van der Waals surface area (Å²) in [6.07, 6.45) is -4.34. The van der Waals surface area contributed by atoms with Crippen molar-refractivity contribution in [3.63, 3.8) is 0 Å². The minimum Gasteiger partial charge on any atom is -0.497 e. The minimum atomic E-state index is -4.34. The highest BCUT2D eigenvalue weighted by Crippen LogP contribution is 2.30. The molecule has 6 nitrogen and oxygen atoms in total. The number of hydrogen-bond donors (Lipinski definition) is 1. The van der Waals surface area contributed by atoms with E-state index < -0.39 is 11.7 Å². The van der Waals surface area contributed by atoms with Gasteiger partial charge in [0.1, 0.15) is 11.5 Å². The smallest absolute Gasteiger partial charge is 0.416 e. The molecule has 3 rings (SSSR count). The fourth-order valence-corrected chi connectivity index (χ4v) is 3.73. The number of amides is 1. The zero-order valence-corrected chi connectivity index (χ0v) is 18.4. The van der Waals surface area contributed by atoms with Crippen LogP contribution in [0.2, 0.25) is 0 Å². The average molecular weight is 451 g/mol. The van der Waals surface area contributed by atoms with Crippen LogP contribution < -0.4 is 14.8 Å². The van der Waals surface area contributed by atoms with Crippen molar-refractivity contribution in [2.75, 3.05) is 45.7 Å². The number of anilines is 1. The standard InChI is InChI=1S/C23H28F3N3O3/c1-16(22(30)27-20-14-19(31-2)7-8-21(20)32-3)29-11-9-28(10-12-29)15-17-5-4-6-18(13-17)23(24,25)26/h4-8,13-14,16H,9-12,15H2,1-3H3,(H,27,30). The predicted molar refractivity (Wildman–Crippen MR) is 116 cm³/mol. The molecule has 1 aliphatic heterocycles. The van der Waals surface area contributed by atoms with Gasteiger partial charge in [-0.3, -0.25) is 14.6 Å². The van der Waals surface area contributed by atoms with Crippen LogP contribution in [0.3, 0.4) is 0 Å². The maximum Gasteiger partial charge on any atom is 0.416 e. The van der Waals surface area contributed by atoms with Crippen LogP contribution in [0.1, 0.15) is 18.1 Å². The first-order chi connectivity index (χ1) is 15.2. The van der Waals surface area contributed by atoms with Crippen molar-refractivity contribution in [1.29, 1.82) is 0 Å². The van der Waals surface area contributed by atoms with E-state index in [0.29, 0.717) is 55.5 Å². The molecular weight excluding hydrogens is 423 g/mol. The Kier molecular flexibility index (Phi) is 7.63. The Morgan fingerprint density at radius 3 is 2.41 bits per heavy atom. The molecule has 1 N–H and O–H groups in total. The summed E-state index contributed by atoms with van der Waals surface area (Å²) in [6, 6.07) is 10.2. The van der Waals surface area contributed by atoms with Crippen molar-refractivity contribution >= 4 is 11.6 Å². The molecule has 0 bridgehead atoms. The molecule has 0 radical (unpaired) electrons. The fraction of sp³-hybridized carbons (Fsp3) is 0.435. The van der Waals surface area contributed by atoms with Gasteiger partial charge in [-0.05, 0) is 30.7 Å². The quantitative estimate of drug-likeness (QED) is 0.693. The predicted octanol–water partition coefficient (Wildman–Crippen LogP) is 3.87. The van der Waals surface area contributed by atoms with Crippen molar-refractivity contribution in [2.45, 2.75) is 25.7 Å². The minimum absolute atomic E-state index is 0.164. The number of methoxy groups -OCH3 is 2. The lowest BCUT2D eigenvalue weighted by Crippen LogP contribution is -2.52. The van der Waals surface area contributed by atoms with E-state index in [1.54, 1.807) is 31.4 Å². The van der Waals surface area contributed by atoms with Crippen molar-refractivity contribution in [2.24, 2.45) is 0 Å². The van der Waals surface area contributed by atoms with E-state index in [1.165, 1.54) is 19.2 Å². The highest BCUT2D eigenvalue weighted by molar-refractivity contribution is 5.96. The largest absolute Gasteiger partial charge is 0.497 e. The lowest BCUT2D eigenvalue weighted by Gasteiger charge is -2.37. The van der Waals surface area contributed by atoms with Gasteiger partial charge in [-0.25, -0.2) is 0 Å². The van der Waals surface area contributed by atoms with Crippen LogP contribution in [0.15, 0.2) is 42.5 Å². The van der Waals surface area contributed by atoms with Gasteiger partial charge in [0.05, 0.1) is 31.5 Å². The second kappa shape index (κ2) is 10.2. The van der Waals surface area contributed by atoms with Crippen LogP contribution in [-0.2, 0) is 17.5 Å². The van der Waals surface area contributed by atoms with Gasteiger partial charge in [0.25, 0.3) is 0 Å². The topological polar surface area (TPSA) is 54.0 Å². The van der Waals surface area contributed by atoms with Crippen molar-refractivity contribution < 1.29 is 27.4 Å². The number of carbonyl (C=O) groups is 1. The molecule has 1 amide bonds. The summed E-state index contributed by atoms with van der Waals surface area (Å²) < 4.78 is 49.3. The summed E-state index contributed by atoms with van der Waals surface area (Å²) in [5.74, 6) is 0.983. The zero-order chi connectivity index (χ0) is 23.3. The van der Waals surface area contributed by atoms with E-state index in [-0.39, 0.29) is 11.9 Å². The van der Waals surface area contributed by atoms with Gasteiger partial charge >= 0.3 is 6.18 Å². The molecule has 32 heavy (non-hydrogen) atoms. The maximum absolute atomic E-state index is 12.9. The highest BCUT2D eigenvalue weighted by Gasteiger charge is 2.31. The number of halogens is 3. The Bertz CT molecular complexity index is 928. The third kappa shape index (κ3) is 5.92. The van der Waals surface area contributed by atoms with Crippen LogP contribution in [0, 0.1) is 0 Å². The van der Waals surface area contributed by atoms with Gasteiger partial charge in [-0.15, -0.1) is 0 Å². The first-order valence-corrected chi connectivity index (χ1v) is 10.4. The summed E-state index contributed by atoms with van der Waals surface area (Å²) in [4.78, 5) is 17.0. The molecule has 1 fully saturated rings. The lowest BCUT2D eigenvalue weighted by atomic mass is 10.1. The summed E-state index contributed by atoms with van der Waals surface area (Å²) in [6.45, 7) is 4.89. The summed E-state index contributed by atoms with van der Waals surface area (Å²) in [5.41, 5.74) is 0.531. The van der Waals surface area contributed by atoms with E-state index in [1.807, 2.05) is 6.92 Å². The van der Waals surface area contributed by atoms with Gasteiger partial charge in [-0.1, -0.05) is 18.2 Å². The molecule has 0 spiro atoms. The molecule has 1 atom stereocenters. The van der Waals surface area contributed by atoms with Crippen LogP contribution in [0.5, 0.6) is 11.5 Å². The number of carbonyl (C=O) groups excluding carboxylic acids is 1. The lowest BCUT2D eigenvalue weighted by molar-refractivity contribution is -0.137. The fourth-order valence-electron chi connectivity index (χ4n) is 3.73. The van der Waals surface area contributed by atoms with Gasteiger partial charge < -0.3 is 14.8 Å². The number of nitrogens with zero attached hydrogens (tertiary/aromatic N) is 2. The number of nitrogens with one attached hydrogen (secondary N) is 1. The second-order valence-electron chi connectivity index (χ2n) is 7.74. The SMILES string of the molecule is COc1ccc(OC)c(NC(=O)C(C)N2CCN(Cc3cccc(C(F)(F)F)c3)CC2)c1. The van der Waals surface area contributed by atoms with Crippen LogP contribution >= 0.6 is 0 Å². The molecule has 1 saturated heterocycles. The van der Waals surface area contributed by atoms with Crippen LogP contribution in [0.25, 0.3) is 0 Å². The first-order valence-electron chi connectivity index (χ1n) is 10.4. The van der Waals surface area contributed by atoms with Gasteiger partial charge in [-0.2, -0.15) is 13.2 Å². The molecule has 0 aliphatic carbocycles. The van der Waals surface area contributed by atoms with E-state index in [2.05, 4.69) is 15.1 Å². The Labute approximate surface area is 185 Å². The number of alkyl halides is 3. The number of piperazine rings is 1. The second-order valence-corrected chi connectivity index (χ2v) is 7.74. The first kappa shape index (κ1) is 23.9. The van der Waals surface area contributed by atoms with Gasteiger partial charge in [0.15, 0.2) is 0 Å². The Hall–Kier alpha value is -2.78. The molecule has 2 aromatic carbocycles. The van der Waals surface area contributed by atoms with E-state index >= 15 is 0 Å². The molecule has 1 heterocycles. The molecule has 1 unspecified atom stereocenters. The Morgan fingerprint density at radius 2 is 1.78 bits per heavy atom. The van der Waals surface area contributed by atoms with E-state index in [4.69, 9.17) is 9.47 Å². The van der Waals surface area contributed by atoms with E-state index in [0.717, 1.165) is 6.07 Å². The number of hydrogen-bond acceptors (Lipinski definition) is 5. The van der Waals surface area contributed by atoms with Crippen molar-refractivity contribution in [1.82, 2.24) is 9.80 Å². The molecule has 174 valence electrons. The summed E-state index contributed by atoms with van der Waals surface area (Å²) in [5, 5.41) is 2.90. The third-order valence-corrected chi connectivity index (χ3v) is 5.66. The molecule has 9 heteroatoms. The van der Waals surface area contributed by atoms with Crippen molar-refractivity contribution in [3.05, 3.63) is 53.6 Å². The average Bonchev–Trinajstić information content (AvgIpc) is 2.78. The van der Waals surface area contributed by atoms with E-state index in [9.17, 15) is 18.0 Å². The highest BCUT2D eigenvalue weighted by atomic mass is 19.4. The molecule has 0 aromatic heterocycles.